The van der Waals surface area contributed by atoms with Crippen LogP contribution < -0.4 is 11.0 Å². The number of H-pyrrole nitrogens is 1. The van der Waals surface area contributed by atoms with E-state index in [1.807, 2.05) is 31.2 Å². The summed E-state index contributed by atoms with van der Waals surface area (Å²) in [7, 11) is 1.48. The fourth-order valence-corrected chi connectivity index (χ4v) is 2.80. The molecule has 0 aliphatic carbocycles. The monoisotopic (exact) mass is 299 g/mol. The second-order valence-electron chi connectivity index (χ2n) is 5.62. The SMILES string of the molecule is Cc1cccc(CN2CCc3[nH]n(C)c(=O)c(=O)c3C2=O)c1. The van der Waals surface area contributed by atoms with Gasteiger partial charge in [-0.05, 0) is 12.5 Å². The predicted molar refractivity (Wildman–Crippen MR) is 81.9 cm³/mol. The first-order chi connectivity index (χ1) is 10.5. The molecule has 1 aliphatic rings. The minimum Gasteiger partial charge on any atom is -0.334 e. The van der Waals surface area contributed by atoms with Crippen molar-refractivity contribution in [2.45, 2.75) is 19.9 Å². The van der Waals surface area contributed by atoms with Crippen molar-refractivity contribution in [3.8, 4) is 0 Å². The Morgan fingerprint density at radius 1 is 1.23 bits per heavy atom. The van der Waals surface area contributed by atoms with E-state index in [9.17, 15) is 14.4 Å². The fraction of sp³-hybridized carbons (Fsp3) is 0.312. The molecular formula is C16H17N3O3. The molecule has 1 aromatic heterocycles. The highest BCUT2D eigenvalue weighted by molar-refractivity contribution is 5.96. The van der Waals surface area contributed by atoms with Gasteiger partial charge < -0.3 is 4.90 Å². The molecule has 2 heterocycles. The molecule has 0 saturated heterocycles. The van der Waals surface area contributed by atoms with E-state index in [2.05, 4.69) is 5.10 Å². The molecule has 1 aliphatic heterocycles. The van der Waals surface area contributed by atoms with Crippen LogP contribution in [0.15, 0.2) is 33.9 Å². The lowest BCUT2D eigenvalue weighted by atomic mass is 10.0. The third-order valence-corrected chi connectivity index (χ3v) is 3.92. The first-order valence-electron chi connectivity index (χ1n) is 7.14. The van der Waals surface area contributed by atoms with Crippen LogP contribution in [0.5, 0.6) is 0 Å². The van der Waals surface area contributed by atoms with Crippen LogP contribution in [0.3, 0.4) is 0 Å². The summed E-state index contributed by atoms with van der Waals surface area (Å²) in [5.41, 5.74) is 1.23. The lowest BCUT2D eigenvalue weighted by molar-refractivity contribution is 0.0721. The normalized spacial score (nSPS) is 14.1. The number of aromatic amines is 1. The Morgan fingerprint density at radius 3 is 2.73 bits per heavy atom. The van der Waals surface area contributed by atoms with Crippen LogP contribution in [0.4, 0.5) is 0 Å². The number of nitrogens with one attached hydrogen (secondary N) is 1. The molecule has 22 heavy (non-hydrogen) atoms. The number of carbonyl (C=O) groups excluding carboxylic acids is 1. The third-order valence-electron chi connectivity index (χ3n) is 3.92. The van der Waals surface area contributed by atoms with Crippen molar-refractivity contribution < 1.29 is 4.79 Å². The number of nitrogens with zero attached hydrogens (tertiary/aromatic N) is 2. The van der Waals surface area contributed by atoms with Gasteiger partial charge in [0, 0.05) is 26.6 Å². The molecule has 6 heteroatoms. The zero-order valence-corrected chi connectivity index (χ0v) is 12.5. The predicted octanol–water partition coefficient (Wildman–Crippen LogP) is 0.581. The molecule has 1 amide bonds. The molecule has 1 aromatic carbocycles. The lowest BCUT2D eigenvalue weighted by Crippen LogP contribution is -2.47. The van der Waals surface area contributed by atoms with E-state index in [1.165, 1.54) is 7.05 Å². The van der Waals surface area contributed by atoms with E-state index in [1.54, 1.807) is 4.90 Å². The molecule has 1 N–H and O–H groups in total. The van der Waals surface area contributed by atoms with Crippen LogP contribution in [-0.2, 0) is 20.0 Å². The lowest BCUT2D eigenvalue weighted by Gasteiger charge is -2.28. The second-order valence-corrected chi connectivity index (χ2v) is 5.62. The van der Waals surface area contributed by atoms with Gasteiger partial charge in [-0.25, -0.2) is 0 Å². The van der Waals surface area contributed by atoms with E-state index in [4.69, 9.17) is 0 Å². The number of hydrogen-bond acceptors (Lipinski definition) is 3. The third kappa shape index (κ3) is 2.36. The average Bonchev–Trinajstić information content (AvgIpc) is 2.48. The number of benzene rings is 1. The van der Waals surface area contributed by atoms with E-state index >= 15 is 0 Å². The Morgan fingerprint density at radius 2 is 2.00 bits per heavy atom. The van der Waals surface area contributed by atoms with Gasteiger partial charge in [-0.3, -0.25) is 24.2 Å². The van der Waals surface area contributed by atoms with E-state index in [0.29, 0.717) is 25.2 Å². The molecular weight excluding hydrogens is 282 g/mol. The number of fused-ring (bicyclic) bond motifs is 1. The number of amides is 1. The Kier molecular flexibility index (Phi) is 3.44. The topological polar surface area (TPSA) is 75.2 Å². The Hall–Kier alpha value is -2.63. The quantitative estimate of drug-likeness (QED) is 0.824. The molecule has 114 valence electrons. The number of aromatic nitrogens is 2. The van der Waals surface area contributed by atoms with Gasteiger partial charge in [0.15, 0.2) is 0 Å². The van der Waals surface area contributed by atoms with E-state index in [-0.39, 0.29) is 11.5 Å². The molecule has 3 rings (SSSR count). The van der Waals surface area contributed by atoms with Crippen molar-refractivity contribution in [1.29, 1.82) is 0 Å². The van der Waals surface area contributed by atoms with Gasteiger partial charge >= 0.3 is 5.56 Å². The highest BCUT2D eigenvalue weighted by atomic mass is 16.2. The van der Waals surface area contributed by atoms with Crippen LogP contribution in [0, 0.1) is 6.92 Å². The molecule has 2 aromatic rings. The van der Waals surface area contributed by atoms with Crippen molar-refractivity contribution in [1.82, 2.24) is 14.7 Å². The summed E-state index contributed by atoms with van der Waals surface area (Å²) in [6.07, 6.45) is 0.538. The van der Waals surface area contributed by atoms with Crippen molar-refractivity contribution in [2.24, 2.45) is 7.05 Å². The number of aryl methyl sites for hydroxylation is 2. The smallest absolute Gasteiger partial charge is 0.313 e. The van der Waals surface area contributed by atoms with Gasteiger partial charge in [0.1, 0.15) is 5.56 Å². The number of hydrogen-bond donors (Lipinski definition) is 1. The largest absolute Gasteiger partial charge is 0.334 e. The first kappa shape index (κ1) is 14.3. The van der Waals surface area contributed by atoms with E-state index in [0.717, 1.165) is 15.8 Å². The zero-order valence-electron chi connectivity index (χ0n) is 12.5. The summed E-state index contributed by atoms with van der Waals surface area (Å²) in [5.74, 6) is -0.373. The van der Waals surface area contributed by atoms with Gasteiger partial charge in [0.05, 0.1) is 5.69 Å². The van der Waals surface area contributed by atoms with Crippen molar-refractivity contribution in [2.75, 3.05) is 6.54 Å². The van der Waals surface area contributed by atoms with Crippen LogP contribution in [0.2, 0.25) is 0 Å². The molecule has 0 bridgehead atoms. The summed E-state index contributed by atoms with van der Waals surface area (Å²) >= 11 is 0. The zero-order chi connectivity index (χ0) is 15.9. The van der Waals surface area contributed by atoms with Crippen LogP contribution in [0.25, 0.3) is 0 Å². The Labute approximate surface area is 127 Å². The standard InChI is InChI=1S/C16H17N3O3/c1-10-4-3-5-11(8-10)9-19-7-6-12-13(15(19)21)14(20)16(22)18(2)17-12/h3-5,8,17H,6-7,9H2,1-2H3. The molecule has 0 spiro atoms. The van der Waals surface area contributed by atoms with Gasteiger partial charge in [-0.1, -0.05) is 29.8 Å². The van der Waals surface area contributed by atoms with Crippen molar-refractivity contribution in [3.05, 3.63) is 67.2 Å². The summed E-state index contributed by atoms with van der Waals surface area (Å²) in [4.78, 5) is 38.0. The van der Waals surface area contributed by atoms with Gasteiger partial charge in [-0.2, -0.15) is 0 Å². The summed E-state index contributed by atoms with van der Waals surface area (Å²) < 4.78 is 1.13. The Bertz CT molecular complexity index is 864. The van der Waals surface area contributed by atoms with Crippen molar-refractivity contribution >= 4 is 5.91 Å². The number of carbonyl (C=O) groups is 1. The molecule has 0 atom stereocenters. The summed E-state index contributed by atoms with van der Waals surface area (Å²) in [6.45, 7) is 2.95. The van der Waals surface area contributed by atoms with Crippen LogP contribution >= 0.6 is 0 Å². The highest BCUT2D eigenvalue weighted by Gasteiger charge is 2.29. The van der Waals surface area contributed by atoms with Crippen LogP contribution in [0.1, 0.15) is 27.2 Å². The minimum atomic E-state index is -0.727. The number of rotatable bonds is 2. The first-order valence-corrected chi connectivity index (χ1v) is 7.14. The maximum Gasteiger partial charge on any atom is 0.313 e. The highest BCUT2D eigenvalue weighted by Crippen LogP contribution is 2.16. The average molecular weight is 299 g/mol. The van der Waals surface area contributed by atoms with Gasteiger partial charge in [-0.15, -0.1) is 0 Å². The molecule has 0 radical (unpaired) electrons. The molecule has 0 unspecified atom stereocenters. The van der Waals surface area contributed by atoms with Crippen LogP contribution in [-0.4, -0.2) is 27.1 Å². The van der Waals surface area contributed by atoms with Crippen molar-refractivity contribution in [3.63, 3.8) is 0 Å². The fourth-order valence-electron chi connectivity index (χ4n) is 2.80. The maximum atomic E-state index is 12.5. The molecule has 6 nitrogen and oxygen atoms in total. The summed E-state index contributed by atoms with van der Waals surface area (Å²) in [6, 6.07) is 7.89. The summed E-state index contributed by atoms with van der Waals surface area (Å²) in [5, 5.41) is 2.82. The molecule has 0 fully saturated rings. The second kappa shape index (κ2) is 5.29. The van der Waals surface area contributed by atoms with E-state index < -0.39 is 11.0 Å². The van der Waals surface area contributed by atoms with Gasteiger partial charge in [0.2, 0.25) is 0 Å². The van der Waals surface area contributed by atoms with Gasteiger partial charge in [0.25, 0.3) is 11.3 Å². The maximum absolute atomic E-state index is 12.5. The Balaban J connectivity index is 1.96. The minimum absolute atomic E-state index is 0.0120. The molecule has 0 saturated carbocycles.